The average Bonchev–Trinajstić information content (AvgIpc) is 2.76. The number of nitrogens with one attached hydrogen (secondary N) is 1. The van der Waals surface area contributed by atoms with Crippen LogP contribution in [0.4, 0.5) is 5.69 Å². The number of rotatable bonds is 2. The van der Waals surface area contributed by atoms with Crippen LogP contribution in [-0.2, 0) is 0 Å². The van der Waals surface area contributed by atoms with Crippen LogP contribution in [0.15, 0.2) is 24.3 Å². The van der Waals surface area contributed by atoms with E-state index in [1.165, 1.54) is 5.69 Å². The van der Waals surface area contributed by atoms with Gasteiger partial charge in [0.2, 0.25) is 0 Å². The van der Waals surface area contributed by atoms with E-state index in [4.69, 9.17) is 0 Å². The Morgan fingerprint density at radius 3 is 2.40 bits per heavy atom. The third kappa shape index (κ3) is 2.25. The van der Waals surface area contributed by atoms with E-state index >= 15 is 0 Å². The third-order valence-corrected chi connectivity index (χ3v) is 3.78. The maximum absolute atomic E-state index is 9.39. The fraction of sp³-hybridized carbons (Fsp3) is 0.400. The van der Waals surface area contributed by atoms with Gasteiger partial charge in [-0.05, 0) is 38.1 Å². The van der Waals surface area contributed by atoms with E-state index in [0.717, 1.165) is 43.3 Å². The normalized spacial score (nSPS) is 15.6. The second-order valence-electron chi connectivity index (χ2n) is 5.18. The molecule has 1 aliphatic heterocycles. The van der Waals surface area contributed by atoms with E-state index in [2.05, 4.69) is 29.2 Å². The molecule has 2 heterocycles. The summed E-state index contributed by atoms with van der Waals surface area (Å²) in [5.74, 6) is 0.276. The van der Waals surface area contributed by atoms with Crippen molar-refractivity contribution in [2.24, 2.45) is 0 Å². The number of anilines is 1. The van der Waals surface area contributed by atoms with Crippen LogP contribution in [-0.4, -0.2) is 41.1 Å². The topological polar surface area (TPSA) is 53.3 Å². The van der Waals surface area contributed by atoms with Gasteiger partial charge in [-0.1, -0.05) is 0 Å². The Balaban J connectivity index is 1.99. The zero-order valence-electron chi connectivity index (χ0n) is 11.9. The quantitative estimate of drug-likeness (QED) is 0.872. The fourth-order valence-electron chi connectivity index (χ4n) is 2.83. The molecule has 2 aromatic rings. The van der Waals surface area contributed by atoms with E-state index in [9.17, 15) is 5.11 Å². The highest BCUT2D eigenvalue weighted by Crippen LogP contribution is 2.27. The molecule has 0 spiro atoms. The Bertz CT molecular complexity index is 597. The van der Waals surface area contributed by atoms with Gasteiger partial charge in [0.05, 0.1) is 22.8 Å². The zero-order valence-corrected chi connectivity index (χ0v) is 11.9. The second kappa shape index (κ2) is 5.17. The van der Waals surface area contributed by atoms with Crippen LogP contribution >= 0.6 is 0 Å². The molecule has 0 atom stereocenters. The average molecular weight is 272 g/mol. The lowest BCUT2D eigenvalue weighted by Crippen LogP contribution is -2.43. The predicted molar refractivity (Wildman–Crippen MR) is 79.8 cm³/mol. The second-order valence-corrected chi connectivity index (χ2v) is 5.18. The van der Waals surface area contributed by atoms with Gasteiger partial charge in [-0.25, -0.2) is 4.68 Å². The van der Waals surface area contributed by atoms with Gasteiger partial charge in [0.15, 0.2) is 0 Å². The molecule has 5 nitrogen and oxygen atoms in total. The van der Waals surface area contributed by atoms with Gasteiger partial charge in [-0.15, -0.1) is 0 Å². The summed E-state index contributed by atoms with van der Waals surface area (Å²) in [7, 11) is 0. The molecule has 0 bridgehead atoms. The van der Waals surface area contributed by atoms with Crippen LogP contribution in [0.25, 0.3) is 5.69 Å². The number of benzene rings is 1. The minimum Gasteiger partial charge on any atom is -0.508 e. The van der Waals surface area contributed by atoms with Gasteiger partial charge in [-0.2, -0.15) is 5.10 Å². The van der Waals surface area contributed by atoms with Crippen molar-refractivity contribution < 1.29 is 5.11 Å². The smallest absolute Gasteiger partial charge is 0.115 e. The van der Waals surface area contributed by atoms with Crippen LogP contribution in [0.5, 0.6) is 5.75 Å². The SMILES string of the molecule is Cc1nn(-c2ccc(O)cc2)c(C)c1N1CCNCC1. The van der Waals surface area contributed by atoms with E-state index in [1.54, 1.807) is 12.1 Å². The summed E-state index contributed by atoms with van der Waals surface area (Å²) >= 11 is 0. The Kier molecular flexibility index (Phi) is 3.36. The van der Waals surface area contributed by atoms with E-state index in [-0.39, 0.29) is 5.75 Å². The molecule has 0 aliphatic carbocycles. The Morgan fingerprint density at radius 2 is 1.75 bits per heavy atom. The molecular weight excluding hydrogens is 252 g/mol. The first kappa shape index (κ1) is 13.0. The van der Waals surface area contributed by atoms with Gasteiger partial charge in [0.25, 0.3) is 0 Å². The van der Waals surface area contributed by atoms with Crippen molar-refractivity contribution in [2.45, 2.75) is 13.8 Å². The summed E-state index contributed by atoms with van der Waals surface area (Å²) in [5, 5.41) is 17.4. The number of nitrogens with zero attached hydrogens (tertiary/aromatic N) is 3. The maximum Gasteiger partial charge on any atom is 0.115 e. The first-order valence-corrected chi connectivity index (χ1v) is 6.98. The van der Waals surface area contributed by atoms with E-state index in [0.29, 0.717) is 0 Å². The number of hydrogen-bond donors (Lipinski definition) is 2. The molecule has 1 aromatic carbocycles. The zero-order chi connectivity index (χ0) is 14.1. The van der Waals surface area contributed by atoms with Crippen LogP contribution in [0.3, 0.4) is 0 Å². The summed E-state index contributed by atoms with van der Waals surface area (Å²) < 4.78 is 1.95. The standard InChI is InChI=1S/C15H20N4O/c1-11-15(18-9-7-16-8-10-18)12(2)19(17-11)13-3-5-14(20)6-4-13/h3-6,16,20H,7-10H2,1-2H3. The van der Waals surface area contributed by atoms with Crippen molar-refractivity contribution in [3.05, 3.63) is 35.7 Å². The number of aromatic nitrogens is 2. The third-order valence-electron chi connectivity index (χ3n) is 3.78. The molecular formula is C15H20N4O. The summed E-state index contributed by atoms with van der Waals surface area (Å²) in [6.45, 7) is 8.23. The predicted octanol–water partition coefficient (Wildman–Crippen LogP) is 1.60. The highest BCUT2D eigenvalue weighted by atomic mass is 16.3. The lowest BCUT2D eigenvalue weighted by atomic mass is 10.2. The van der Waals surface area contributed by atoms with Crippen molar-refractivity contribution in [1.29, 1.82) is 0 Å². The molecule has 1 saturated heterocycles. The van der Waals surface area contributed by atoms with Crippen molar-refractivity contribution in [2.75, 3.05) is 31.1 Å². The Morgan fingerprint density at radius 1 is 1.10 bits per heavy atom. The monoisotopic (exact) mass is 272 g/mol. The number of phenolic OH excluding ortho intramolecular Hbond substituents is 1. The Hall–Kier alpha value is -2.01. The molecule has 1 aliphatic rings. The summed E-state index contributed by atoms with van der Waals surface area (Å²) in [4.78, 5) is 2.39. The van der Waals surface area contributed by atoms with Gasteiger partial charge >= 0.3 is 0 Å². The summed E-state index contributed by atoms with van der Waals surface area (Å²) in [5.41, 5.74) is 4.41. The maximum atomic E-state index is 9.39. The largest absolute Gasteiger partial charge is 0.508 e. The number of hydrogen-bond acceptors (Lipinski definition) is 4. The molecule has 0 saturated carbocycles. The molecule has 1 aromatic heterocycles. The number of piperazine rings is 1. The van der Waals surface area contributed by atoms with Crippen LogP contribution < -0.4 is 10.2 Å². The van der Waals surface area contributed by atoms with Gasteiger partial charge in [0.1, 0.15) is 5.75 Å². The molecule has 0 unspecified atom stereocenters. The van der Waals surface area contributed by atoms with E-state index in [1.807, 2.05) is 16.8 Å². The minimum absolute atomic E-state index is 0.276. The number of phenols is 1. The van der Waals surface area contributed by atoms with Crippen molar-refractivity contribution in [1.82, 2.24) is 15.1 Å². The molecule has 106 valence electrons. The molecule has 5 heteroatoms. The lowest BCUT2D eigenvalue weighted by Gasteiger charge is -2.29. The molecule has 3 rings (SSSR count). The van der Waals surface area contributed by atoms with Crippen LogP contribution in [0.2, 0.25) is 0 Å². The van der Waals surface area contributed by atoms with Crippen LogP contribution in [0.1, 0.15) is 11.4 Å². The lowest BCUT2D eigenvalue weighted by molar-refractivity contribution is 0.475. The first-order chi connectivity index (χ1) is 9.66. The fourth-order valence-corrected chi connectivity index (χ4v) is 2.83. The molecule has 0 radical (unpaired) electrons. The number of aromatic hydroxyl groups is 1. The van der Waals surface area contributed by atoms with Gasteiger partial charge in [-0.3, -0.25) is 0 Å². The van der Waals surface area contributed by atoms with Crippen molar-refractivity contribution in [3.8, 4) is 11.4 Å². The molecule has 1 fully saturated rings. The molecule has 20 heavy (non-hydrogen) atoms. The van der Waals surface area contributed by atoms with Crippen molar-refractivity contribution >= 4 is 5.69 Å². The number of aryl methyl sites for hydroxylation is 1. The van der Waals surface area contributed by atoms with Crippen molar-refractivity contribution in [3.63, 3.8) is 0 Å². The first-order valence-electron chi connectivity index (χ1n) is 6.98. The Labute approximate surface area is 118 Å². The summed E-state index contributed by atoms with van der Waals surface area (Å²) in [6.07, 6.45) is 0. The van der Waals surface area contributed by atoms with Crippen LogP contribution in [0, 0.1) is 13.8 Å². The molecule has 2 N–H and O–H groups in total. The highest BCUT2D eigenvalue weighted by Gasteiger charge is 2.20. The minimum atomic E-state index is 0.276. The van der Waals surface area contributed by atoms with E-state index < -0.39 is 0 Å². The summed E-state index contributed by atoms with van der Waals surface area (Å²) in [6, 6.07) is 7.15. The van der Waals surface area contributed by atoms with Gasteiger partial charge in [0, 0.05) is 26.2 Å². The van der Waals surface area contributed by atoms with Gasteiger partial charge < -0.3 is 15.3 Å². The highest BCUT2D eigenvalue weighted by molar-refractivity contribution is 5.57. The molecule has 0 amide bonds.